The average Bonchev–Trinajstić information content (AvgIpc) is 2.86. The summed E-state index contributed by atoms with van der Waals surface area (Å²) < 4.78 is 4.81. The molecule has 0 unspecified atom stereocenters. The molecule has 0 aromatic carbocycles. The molecule has 0 aliphatic rings. The molecule has 0 spiro atoms. The number of hydrogen-bond acceptors (Lipinski definition) is 4. The zero-order chi connectivity index (χ0) is 16.3. The van der Waals surface area contributed by atoms with Crippen molar-refractivity contribution in [1.29, 1.82) is 0 Å². The molecule has 7 heteroatoms. The first-order chi connectivity index (χ1) is 10.6. The van der Waals surface area contributed by atoms with E-state index in [0.717, 1.165) is 18.7 Å². The van der Waals surface area contributed by atoms with Gasteiger partial charge in [-0.1, -0.05) is 13.3 Å². The van der Waals surface area contributed by atoms with Crippen molar-refractivity contribution in [2.75, 3.05) is 6.54 Å². The van der Waals surface area contributed by atoms with E-state index in [1.165, 1.54) is 4.57 Å². The maximum Gasteiger partial charge on any atom is 0.332 e. The minimum Gasteiger partial charge on any atom is -0.330 e. The van der Waals surface area contributed by atoms with Crippen molar-refractivity contribution in [2.24, 2.45) is 5.73 Å². The zero-order valence-corrected chi connectivity index (χ0v) is 13.6. The Kier molecular flexibility index (Phi) is 5.18. The molecule has 0 bridgehead atoms. The predicted molar refractivity (Wildman–Crippen MR) is 87.3 cm³/mol. The van der Waals surface area contributed by atoms with Crippen molar-refractivity contribution < 1.29 is 0 Å². The minimum atomic E-state index is -0.270. The van der Waals surface area contributed by atoms with E-state index in [1.807, 2.05) is 18.4 Å². The van der Waals surface area contributed by atoms with E-state index >= 15 is 0 Å². The fraction of sp³-hybridized carbons (Fsp3) is 0.667. The number of aromatic nitrogens is 4. The highest BCUT2D eigenvalue weighted by atomic mass is 16.2. The van der Waals surface area contributed by atoms with Gasteiger partial charge in [-0.2, -0.15) is 0 Å². The molecular formula is C15H25N5O2. The Balaban J connectivity index is 2.86. The molecule has 0 radical (unpaired) electrons. The molecule has 0 aliphatic heterocycles. The van der Waals surface area contributed by atoms with Crippen molar-refractivity contribution in [2.45, 2.75) is 59.7 Å². The van der Waals surface area contributed by atoms with E-state index in [-0.39, 0.29) is 11.2 Å². The van der Waals surface area contributed by atoms with Crippen LogP contribution in [-0.2, 0) is 26.1 Å². The number of imidazole rings is 1. The van der Waals surface area contributed by atoms with E-state index in [1.54, 1.807) is 4.57 Å². The maximum atomic E-state index is 12.7. The third kappa shape index (κ3) is 2.61. The van der Waals surface area contributed by atoms with Crippen LogP contribution in [-0.4, -0.2) is 25.2 Å². The van der Waals surface area contributed by atoms with Crippen LogP contribution in [0.3, 0.4) is 0 Å². The molecule has 0 atom stereocenters. The van der Waals surface area contributed by atoms with Crippen LogP contribution >= 0.6 is 0 Å². The summed E-state index contributed by atoms with van der Waals surface area (Å²) in [5.74, 6) is 0.774. The lowest BCUT2D eigenvalue weighted by Crippen LogP contribution is -2.40. The van der Waals surface area contributed by atoms with E-state index in [9.17, 15) is 9.59 Å². The van der Waals surface area contributed by atoms with Crippen LogP contribution in [0.25, 0.3) is 11.2 Å². The Hall–Kier alpha value is -1.89. The number of fused-ring (bicyclic) bond motifs is 1. The van der Waals surface area contributed by atoms with Gasteiger partial charge in [-0.15, -0.1) is 0 Å². The van der Waals surface area contributed by atoms with E-state index in [0.29, 0.717) is 43.8 Å². The lowest BCUT2D eigenvalue weighted by Gasteiger charge is -2.10. The summed E-state index contributed by atoms with van der Waals surface area (Å²) in [6, 6.07) is 0. The third-order valence-corrected chi connectivity index (χ3v) is 3.93. The van der Waals surface area contributed by atoms with Crippen LogP contribution < -0.4 is 17.0 Å². The van der Waals surface area contributed by atoms with Crippen molar-refractivity contribution in [3.05, 3.63) is 26.7 Å². The Morgan fingerprint density at radius 2 is 1.73 bits per heavy atom. The Labute approximate surface area is 129 Å². The van der Waals surface area contributed by atoms with Gasteiger partial charge in [0.15, 0.2) is 11.2 Å². The van der Waals surface area contributed by atoms with Gasteiger partial charge >= 0.3 is 5.69 Å². The molecule has 2 N–H and O–H groups in total. The smallest absolute Gasteiger partial charge is 0.330 e. The fourth-order valence-corrected chi connectivity index (χ4v) is 2.79. The summed E-state index contributed by atoms with van der Waals surface area (Å²) in [5.41, 5.74) is 6.13. The molecule has 22 heavy (non-hydrogen) atoms. The fourth-order valence-electron chi connectivity index (χ4n) is 2.79. The Morgan fingerprint density at radius 3 is 2.27 bits per heavy atom. The summed E-state index contributed by atoms with van der Waals surface area (Å²) in [5, 5.41) is 0. The highest BCUT2D eigenvalue weighted by Gasteiger charge is 2.19. The molecular weight excluding hydrogens is 282 g/mol. The second-order valence-electron chi connectivity index (χ2n) is 5.32. The number of nitrogens with two attached hydrogens (primary N) is 1. The maximum absolute atomic E-state index is 12.7. The average molecular weight is 307 g/mol. The first kappa shape index (κ1) is 16.5. The van der Waals surface area contributed by atoms with Crippen LogP contribution in [0.2, 0.25) is 0 Å². The van der Waals surface area contributed by atoms with Crippen LogP contribution in [0.1, 0.15) is 39.4 Å². The minimum absolute atomic E-state index is 0.257. The number of aryl methyl sites for hydroxylation is 2. The molecule has 0 saturated carbocycles. The highest BCUT2D eigenvalue weighted by Crippen LogP contribution is 2.13. The second-order valence-corrected chi connectivity index (χ2v) is 5.32. The van der Waals surface area contributed by atoms with Gasteiger partial charge in [0.2, 0.25) is 0 Å². The highest BCUT2D eigenvalue weighted by molar-refractivity contribution is 5.71. The van der Waals surface area contributed by atoms with Gasteiger partial charge in [0.1, 0.15) is 5.82 Å². The first-order valence-electron chi connectivity index (χ1n) is 8.03. The summed E-state index contributed by atoms with van der Waals surface area (Å²) >= 11 is 0. The molecule has 7 nitrogen and oxygen atoms in total. The summed E-state index contributed by atoms with van der Waals surface area (Å²) in [6.45, 7) is 7.89. The zero-order valence-electron chi connectivity index (χ0n) is 13.6. The molecule has 0 fully saturated rings. The number of unbranched alkanes of at least 4 members (excludes halogenated alkanes) is 1. The largest absolute Gasteiger partial charge is 0.332 e. The SMILES string of the molecule is CCCCn1c(=O)n(CC)c(=O)c2c1nc(CCN)n2CC. The van der Waals surface area contributed by atoms with Gasteiger partial charge in [-0.3, -0.25) is 13.9 Å². The van der Waals surface area contributed by atoms with E-state index < -0.39 is 0 Å². The summed E-state index contributed by atoms with van der Waals surface area (Å²) in [7, 11) is 0. The molecule has 2 aromatic rings. The first-order valence-corrected chi connectivity index (χ1v) is 8.03. The Morgan fingerprint density at radius 1 is 1.05 bits per heavy atom. The van der Waals surface area contributed by atoms with Crippen LogP contribution in [0.4, 0.5) is 0 Å². The summed E-state index contributed by atoms with van der Waals surface area (Å²) in [6.07, 6.45) is 2.45. The number of rotatable bonds is 7. The van der Waals surface area contributed by atoms with Gasteiger partial charge in [-0.25, -0.2) is 9.78 Å². The van der Waals surface area contributed by atoms with Crippen LogP contribution in [0, 0.1) is 0 Å². The molecule has 0 aliphatic carbocycles. The predicted octanol–water partition coefficient (Wildman–Crippen LogP) is 0.701. The van der Waals surface area contributed by atoms with E-state index in [2.05, 4.69) is 11.9 Å². The standard InChI is InChI=1S/C15H25N5O2/c1-4-7-10-20-13-12(14(21)19(6-3)15(20)22)18(5-2)11(17-13)8-9-16/h4-10,16H2,1-3H3. The Bertz CT molecular complexity index is 769. The van der Waals surface area contributed by atoms with Gasteiger partial charge in [-0.05, 0) is 26.8 Å². The lowest BCUT2D eigenvalue weighted by atomic mass is 10.3. The van der Waals surface area contributed by atoms with Crippen molar-refractivity contribution in [3.8, 4) is 0 Å². The number of nitrogens with zero attached hydrogens (tertiary/aromatic N) is 4. The molecule has 2 rings (SSSR count). The number of hydrogen-bond donors (Lipinski definition) is 1. The monoisotopic (exact) mass is 307 g/mol. The quantitative estimate of drug-likeness (QED) is 0.815. The van der Waals surface area contributed by atoms with Crippen molar-refractivity contribution >= 4 is 11.2 Å². The summed E-state index contributed by atoms with van der Waals surface area (Å²) in [4.78, 5) is 29.8. The molecule has 2 heterocycles. The van der Waals surface area contributed by atoms with Crippen LogP contribution in [0.5, 0.6) is 0 Å². The van der Waals surface area contributed by atoms with Gasteiger partial charge in [0, 0.05) is 26.1 Å². The van der Waals surface area contributed by atoms with Crippen molar-refractivity contribution in [3.63, 3.8) is 0 Å². The normalized spacial score (nSPS) is 11.5. The molecule has 122 valence electrons. The van der Waals surface area contributed by atoms with E-state index in [4.69, 9.17) is 5.73 Å². The van der Waals surface area contributed by atoms with Gasteiger partial charge in [0.25, 0.3) is 5.56 Å². The molecule has 0 amide bonds. The second kappa shape index (κ2) is 6.91. The topological polar surface area (TPSA) is 87.8 Å². The molecule has 0 saturated heterocycles. The van der Waals surface area contributed by atoms with Crippen LogP contribution in [0.15, 0.2) is 9.59 Å². The lowest BCUT2D eigenvalue weighted by molar-refractivity contribution is 0.560. The van der Waals surface area contributed by atoms with Crippen molar-refractivity contribution in [1.82, 2.24) is 18.7 Å². The van der Waals surface area contributed by atoms with Gasteiger partial charge < -0.3 is 10.3 Å². The van der Waals surface area contributed by atoms with Gasteiger partial charge in [0.05, 0.1) is 0 Å². The third-order valence-electron chi connectivity index (χ3n) is 3.93. The molecule has 2 aromatic heterocycles.